The summed E-state index contributed by atoms with van der Waals surface area (Å²) >= 11 is 5.18. The number of thioether (sulfide) groups is 1. The van der Waals surface area contributed by atoms with Gasteiger partial charge in [-0.2, -0.15) is 0 Å². The Hall–Kier alpha value is -0.520. The first-order valence-corrected chi connectivity index (χ1v) is 7.30. The van der Waals surface area contributed by atoms with E-state index in [9.17, 15) is 4.79 Å². The molecule has 0 saturated carbocycles. The molecule has 17 heavy (non-hydrogen) atoms. The highest BCUT2D eigenvalue weighted by atomic mass is 79.9. The molecular formula is C12H17BrN2OS. The van der Waals surface area contributed by atoms with Gasteiger partial charge in [-0.05, 0) is 35.1 Å². The normalized spacial score (nSPS) is 10.2. The van der Waals surface area contributed by atoms with Crippen LogP contribution in [0.4, 0.5) is 0 Å². The summed E-state index contributed by atoms with van der Waals surface area (Å²) in [4.78, 5) is 12.6. The van der Waals surface area contributed by atoms with Gasteiger partial charge in [-0.25, -0.2) is 0 Å². The van der Waals surface area contributed by atoms with Crippen molar-refractivity contribution in [2.24, 2.45) is 0 Å². The third kappa shape index (κ3) is 6.10. The fourth-order valence-electron chi connectivity index (χ4n) is 1.23. The highest BCUT2D eigenvalue weighted by molar-refractivity contribution is 9.10. The lowest BCUT2D eigenvalue weighted by atomic mass is 10.4. The van der Waals surface area contributed by atoms with Crippen LogP contribution >= 0.6 is 27.7 Å². The molecule has 0 fully saturated rings. The van der Waals surface area contributed by atoms with Crippen LogP contribution in [0.5, 0.6) is 0 Å². The van der Waals surface area contributed by atoms with Crippen molar-refractivity contribution >= 4 is 33.6 Å². The highest BCUT2D eigenvalue weighted by Crippen LogP contribution is 2.27. The maximum absolute atomic E-state index is 11.4. The van der Waals surface area contributed by atoms with Gasteiger partial charge >= 0.3 is 0 Å². The Morgan fingerprint density at radius 2 is 2.12 bits per heavy atom. The number of amides is 1. The number of benzene rings is 1. The number of hydrogen-bond acceptors (Lipinski definition) is 3. The first-order chi connectivity index (χ1) is 8.24. The van der Waals surface area contributed by atoms with E-state index in [0.29, 0.717) is 13.0 Å². The fraction of sp³-hybridized carbons (Fsp3) is 0.417. The summed E-state index contributed by atoms with van der Waals surface area (Å²) in [6, 6.07) is 8.04. The Labute approximate surface area is 115 Å². The second-order valence-electron chi connectivity index (χ2n) is 3.48. The first kappa shape index (κ1) is 14.5. The predicted molar refractivity (Wildman–Crippen MR) is 76.4 cm³/mol. The standard InChI is InChI=1S/C12H17BrN2OS/c1-14-7-8-15-12(16)6-9-17-11-5-3-2-4-10(11)13/h2-5,14H,6-9H2,1H3,(H,15,16). The van der Waals surface area contributed by atoms with Gasteiger partial charge in [0.15, 0.2) is 0 Å². The van der Waals surface area contributed by atoms with Crippen molar-refractivity contribution in [3.63, 3.8) is 0 Å². The van der Waals surface area contributed by atoms with E-state index in [1.165, 1.54) is 4.90 Å². The van der Waals surface area contributed by atoms with E-state index in [-0.39, 0.29) is 5.91 Å². The summed E-state index contributed by atoms with van der Waals surface area (Å²) < 4.78 is 1.08. The van der Waals surface area contributed by atoms with Crippen LogP contribution < -0.4 is 10.6 Å². The lowest BCUT2D eigenvalue weighted by Crippen LogP contribution is -2.30. The average Bonchev–Trinajstić information content (AvgIpc) is 2.32. The smallest absolute Gasteiger partial charge is 0.220 e. The Kier molecular flexibility index (Phi) is 7.32. The van der Waals surface area contributed by atoms with Crippen molar-refractivity contribution in [1.29, 1.82) is 0 Å². The molecule has 0 aliphatic rings. The van der Waals surface area contributed by atoms with E-state index >= 15 is 0 Å². The van der Waals surface area contributed by atoms with Gasteiger partial charge in [0.1, 0.15) is 0 Å². The number of rotatable bonds is 7. The molecule has 0 radical (unpaired) electrons. The van der Waals surface area contributed by atoms with Gasteiger partial charge in [0.2, 0.25) is 5.91 Å². The minimum absolute atomic E-state index is 0.111. The van der Waals surface area contributed by atoms with Crippen molar-refractivity contribution in [1.82, 2.24) is 10.6 Å². The van der Waals surface area contributed by atoms with Crippen LogP contribution in [-0.4, -0.2) is 31.8 Å². The van der Waals surface area contributed by atoms with E-state index in [1.807, 2.05) is 31.3 Å². The third-order valence-corrected chi connectivity index (χ3v) is 4.15. The molecule has 1 aromatic rings. The van der Waals surface area contributed by atoms with Crippen molar-refractivity contribution in [2.75, 3.05) is 25.9 Å². The minimum atomic E-state index is 0.111. The number of halogens is 1. The Morgan fingerprint density at radius 1 is 1.35 bits per heavy atom. The summed E-state index contributed by atoms with van der Waals surface area (Å²) in [5, 5.41) is 5.84. The molecule has 0 unspecified atom stereocenters. The molecule has 5 heteroatoms. The molecule has 0 aliphatic heterocycles. The van der Waals surface area contributed by atoms with Crippen molar-refractivity contribution < 1.29 is 4.79 Å². The SMILES string of the molecule is CNCCNC(=O)CCSc1ccccc1Br. The van der Waals surface area contributed by atoms with Gasteiger partial charge in [0, 0.05) is 34.6 Å². The molecule has 1 aromatic carbocycles. The fourth-order valence-corrected chi connectivity index (χ4v) is 2.75. The summed E-state index contributed by atoms with van der Waals surface area (Å²) in [6.45, 7) is 1.50. The topological polar surface area (TPSA) is 41.1 Å². The molecule has 94 valence electrons. The number of hydrogen-bond donors (Lipinski definition) is 2. The summed E-state index contributed by atoms with van der Waals surface area (Å²) in [5.41, 5.74) is 0. The molecule has 0 atom stereocenters. The molecule has 1 rings (SSSR count). The number of nitrogens with one attached hydrogen (secondary N) is 2. The largest absolute Gasteiger partial charge is 0.355 e. The zero-order valence-electron chi connectivity index (χ0n) is 9.83. The average molecular weight is 317 g/mol. The molecule has 0 bridgehead atoms. The predicted octanol–water partition coefficient (Wildman–Crippen LogP) is 2.27. The maximum atomic E-state index is 11.4. The zero-order chi connectivity index (χ0) is 12.5. The van der Waals surface area contributed by atoms with E-state index in [4.69, 9.17) is 0 Å². The van der Waals surface area contributed by atoms with Crippen LogP contribution in [0.15, 0.2) is 33.6 Å². The monoisotopic (exact) mass is 316 g/mol. The maximum Gasteiger partial charge on any atom is 0.220 e. The summed E-state index contributed by atoms with van der Waals surface area (Å²) in [5.74, 6) is 0.911. The van der Waals surface area contributed by atoms with E-state index in [2.05, 4.69) is 26.6 Å². The van der Waals surface area contributed by atoms with Crippen LogP contribution in [0.25, 0.3) is 0 Å². The summed E-state index contributed by atoms with van der Waals surface area (Å²) in [7, 11) is 1.87. The van der Waals surface area contributed by atoms with Gasteiger partial charge in [-0.1, -0.05) is 12.1 Å². The van der Waals surface area contributed by atoms with Crippen LogP contribution in [0, 0.1) is 0 Å². The number of carbonyl (C=O) groups is 1. The molecule has 1 amide bonds. The van der Waals surface area contributed by atoms with E-state index in [0.717, 1.165) is 16.8 Å². The minimum Gasteiger partial charge on any atom is -0.355 e. The molecule has 0 saturated heterocycles. The van der Waals surface area contributed by atoms with Gasteiger partial charge in [-0.15, -0.1) is 11.8 Å². The molecule has 2 N–H and O–H groups in total. The van der Waals surface area contributed by atoms with Crippen molar-refractivity contribution in [3.8, 4) is 0 Å². The van der Waals surface area contributed by atoms with Gasteiger partial charge in [0.25, 0.3) is 0 Å². The Balaban J connectivity index is 2.19. The zero-order valence-corrected chi connectivity index (χ0v) is 12.2. The second-order valence-corrected chi connectivity index (χ2v) is 5.47. The van der Waals surface area contributed by atoms with Gasteiger partial charge in [-0.3, -0.25) is 4.79 Å². The number of likely N-dealkylation sites (N-methyl/N-ethyl adjacent to an activating group) is 1. The first-order valence-electron chi connectivity index (χ1n) is 5.52. The van der Waals surface area contributed by atoms with Crippen LogP contribution in [0.3, 0.4) is 0 Å². The van der Waals surface area contributed by atoms with E-state index in [1.54, 1.807) is 11.8 Å². The van der Waals surface area contributed by atoms with Crippen LogP contribution in [-0.2, 0) is 4.79 Å². The van der Waals surface area contributed by atoms with Crippen LogP contribution in [0.1, 0.15) is 6.42 Å². The molecule has 0 heterocycles. The molecule has 0 aliphatic carbocycles. The summed E-state index contributed by atoms with van der Waals surface area (Å²) in [6.07, 6.45) is 0.551. The quantitative estimate of drug-likeness (QED) is 0.599. The van der Waals surface area contributed by atoms with Crippen molar-refractivity contribution in [2.45, 2.75) is 11.3 Å². The van der Waals surface area contributed by atoms with Gasteiger partial charge < -0.3 is 10.6 Å². The van der Waals surface area contributed by atoms with Crippen LogP contribution in [0.2, 0.25) is 0 Å². The lowest BCUT2D eigenvalue weighted by molar-refractivity contribution is -0.120. The third-order valence-electron chi connectivity index (χ3n) is 2.12. The van der Waals surface area contributed by atoms with Gasteiger partial charge in [0.05, 0.1) is 0 Å². The Morgan fingerprint density at radius 3 is 2.82 bits per heavy atom. The molecule has 3 nitrogen and oxygen atoms in total. The molecular weight excluding hydrogens is 300 g/mol. The second kappa shape index (κ2) is 8.55. The molecule has 0 spiro atoms. The van der Waals surface area contributed by atoms with E-state index < -0.39 is 0 Å². The highest BCUT2D eigenvalue weighted by Gasteiger charge is 2.03. The Bertz CT molecular complexity index is 360. The molecule has 0 aromatic heterocycles. The number of carbonyl (C=O) groups excluding carboxylic acids is 1. The van der Waals surface area contributed by atoms with Crippen molar-refractivity contribution in [3.05, 3.63) is 28.7 Å². The lowest BCUT2D eigenvalue weighted by Gasteiger charge is -2.05.